The number of para-hydroxylation sites is 1. The molecule has 3 rings (SSSR count). The van der Waals surface area contributed by atoms with Crippen LogP contribution in [0.3, 0.4) is 0 Å². The Bertz CT molecular complexity index is 1020. The Kier molecular flexibility index (Phi) is 3.87. The van der Waals surface area contributed by atoms with Crippen molar-refractivity contribution in [2.45, 2.75) is 32.7 Å². The van der Waals surface area contributed by atoms with E-state index in [0.717, 1.165) is 10.1 Å². The molecule has 0 fully saturated rings. The van der Waals surface area contributed by atoms with Gasteiger partial charge in [-0.1, -0.05) is 32.9 Å². The molecule has 2 heterocycles. The highest BCUT2D eigenvalue weighted by molar-refractivity contribution is 5.89. The molecule has 0 bridgehead atoms. The second-order valence-corrected chi connectivity index (χ2v) is 6.97. The Morgan fingerprint density at radius 3 is 2.60 bits per heavy atom. The lowest BCUT2D eigenvalue weighted by Crippen LogP contribution is -2.25. The van der Waals surface area contributed by atoms with Crippen molar-refractivity contribution in [3.8, 4) is 0 Å². The number of hydrogen-bond acceptors (Lipinski definition) is 4. The molecule has 3 aromatic rings. The summed E-state index contributed by atoms with van der Waals surface area (Å²) in [6.07, 6.45) is 0.426. The number of pyridine rings is 1. The Morgan fingerprint density at radius 1 is 1.24 bits per heavy atom. The maximum Gasteiger partial charge on any atom is 0.417 e. The largest absolute Gasteiger partial charge is 0.464 e. The number of fused-ring (bicyclic) bond motifs is 1. The lowest BCUT2D eigenvalue weighted by atomic mass is 9.86. The zero-order valence-electron chi connectivity index (χ0n) is 14.4. The summed E-state index contributed by atoms with van der Waals surface area (Å²) in [5, 5.41) is 9.66. The molecule has 0 saturated heterocycles. The summed E-state index contributed by atoms with van der Waals surface area (Å²) < 4.78 is 2.48. The number of nitrogen functional groups attached to an aromatic ring is 1. The second kappa shape index (κ2) is 5.77. The minimum Gasteiger partial charge on any atom is -0.464 e. The number of imidazole rings is 1. The first-order valence-electron chi connectivity index (χ1n) is 7.89. The maximum atomic E-state index is 12.1. The zero-order valence-corrected chi connectivity index (χ0v) is 14.4. The zero-order chi connectivity index (χ0) is 18.4. The first-order chi connectivity index (χ1) is 11.7. The van der Waals surface area contributed by atoms with Crippen LogP contribution < -0.4 is 11.3 Å². The number of carbonyl (C=O) groups is 1. The molecule has 0 atom stereocenters. The van der Waals surface area contributed by atoms with E-state index in [1.54, 1.807) is 18.3 Å². The molecule has 0 amide bonds. The molecule has 2 aromatic heterocycles. The molecule has 0 aliphatic carbocycles. The van der Waals surface area contributed by atoms with Crippen LogP contribution in [0.2, 0.25) is 0 Å². The molecule has 25 heavy (non-hydrogen) atoms. The van der Waals surface area contributed by atoms with Crippen molar-refractivity contribution >= 4 is 22.8 Å². The molecule has 0 spiro atoms. The summed E-state index contributed by atoms with van der Waals surface area (Å²) in [7, 11) is 0. The monoisotopic (exact) mass is 340 g/mol. The SMILES string of the molecule is CC(C)(C)c1cccc2c1nc(Cn1cccc(N)c1=O)n2C(=O)O. The molecule has 0 unspecified atom stereocenters. The van der Waals surface area contributed by atoms with Crippen molar-refractivity contribution < 1.29 is 9.90 Å². The average Bonchev–Trinajstić information content (AvgIpc) is 2.88. The van der Waals surface area contributed by atoms with E-state index in [4.69, 9.17) is 5.73 Å². The van der Waals surface area contributed by atoms with Crippen LogP contribution in [-0.4, -0.2) is 25.3 Å². The number of anilines is 1. The highest BCUT2D eigenvalue weighted by Gasteiger charge is 2.23. The molecule has 7 nitrogen and oxygen atoms in total. The van der Waals surface area contributed by atoms with Gasteiger partial charge in [0.1, 0.15) is 5.82 Å². The standard InChI is InChI=1S/C18H20N4O3/c1-18(2,3)11-6-4-8-13-15(11)20-14(22(13)17(24)25)10-21-9-5-7-12(19)16(21)23/h4-9H,10,19H2,1-3H3,(H,24,25). The van der Waals surface area contributed by atoms with Gasteiger partial charge in [-0.05, 0) is 29.2 Å². The number of rotatable bonds is 2. The van der Waals surface area contributed by atoms with Crippen molar-refractivity contribution in [2.75, 3.05) is 5.73 Å². The predicted molar refractivity (Wildman–Crippen MR) is 96.1 cm³/mol. The molecule has 130 valence electrons. The fraction of sp³-hybridized carbons (Fsp3) is 0.278. The van der Waals surface area contributed by atoms with Crippen molar-refractivity contribution in [3.63, 3.8) is 0 Å². The van der Waals surface area contributed by atoms with E-state index < -0.39 is 6.09 Å². The number of aromatic nitrogens is 3. The summed E-state index contributed by atoms with van der Waals surface area (Å²) in [4.78, 5) is 28.5. The summed E-state index contributed by atoms with van der Waals surface area (Å²) in [5.41, 5.74) is 7.28. The third kappa shape index (κ3) is 2.88. The molecule has 7 heteroatoms. The van der Waals surface area contributed by atoms with Crippen molar-refractivity contribution in [2.24, 2.45) is 0 Å². The van der Waals surface area contributed by atoms with Gasteiger partial charge in [0, 0.05) is 6.20 Å². The Balaban J connectivity index is 2.25. The van der Waals surface area contributed by atoms with Crippen LogP contribution in [0.4, 0.5) is 10.5 Å². The molecule has 0 aliphatic heterocycles. The van der Waals surface area contributed by atoms with Crippen LogP contribution in [0.25, 0.3) is 11.0 Å². The van der Waals surface area contributed by atoms with Gasteiger partial charge in [-0.2, -0.15) is 0 Å². The van der Waals surface area contributed by atoms with Gasteiger partial charge < -0.3 is 15.4 Å². The van der Waals surface area contributed by atoms with Gasteiger partial charge in [0.25, 0.3) is 5.56 Å². The van der Waals surface area contributed by atoms with Gasteiger partial charge >= 0.3 is 6.09 Å². The predicted octanol–water partition coefficient (Wildman–Crippen LogP) is 2.65. The average molecular weight is 340 g/mol. The van der Waals surface area contributed by atoms with Crippen LogP contribution >= 0.6 is 0 Å². The molecular formula is C18H20N4O3. The van der Waals surface area contributed by atoms with Gasteiger partial charge in [-0.25, -0.2) is 14.3 Å². The topological polar surface area (TPSA) is 103 Å². The van der Waals surface area contributed by atoms with E-state index in [9.17, 15) is 14.7 Å². The fourth-order valence-corrected chi connectivity index (χ4v) is 2.90. The van der Waals surface area contributed by atoms with E-state index in [1.807, 2.05) is 32.9 Å². The first kappa shape index (κ1) is 16.8. The van der Waals surface area contributed by atoms with Crippen LogP contribution in [0.5, 0.6) is 0 Å². The molecule has 0 radical (unpaired) electrons. The number of benzene rings is 1. The number of nitrogens with zero attached hydrogens (tertiary/aromatic N) is 3. The third-order valence-electron chi connectivity index (χ3n) is 4.12. The fourth-order valence-electron chi connectivity index (χ4n) is 2.90. The third-order valence-corrected chi connectivity index (χ3v) is 4.12. The van der Waals surface area contributed by atoms with Gasteiger partial charge in [0.15, 0.2) is 0 Å². The molecular weight excluding hydrogens is 320 g/mol. The van der Waals surface area contributed by atoms with Gasteiger partial charge in [0.2, 0.25) is 0 Å². The smallest absolute Gasteiger partial charge is 0.417 e. The Labute approximate surface area is 144 Å². The molecule has 1 aromatic carbocycles. The highest BCUT2D eigenvalue weighted by Crippen LogP contribution is 2.30. The van der Waals surface area contributed by atoms with Gasteiger partial charge in [0.05, 0.1) is 23.3 Å². The minimum atomic E-state index is -1.14. The Hall–Kier alpha value is -3.09. The minimum absolute atomic E-state index is 0.0223. The molecule has 0 saturated carbocycles. The van der Waals surface area contributed by atoms with E-state index in [-0.39, 0.29) is 29.0 Å². The highest BCUT2D eigenvalue weighted by atomic mass is 16.4. The van der Waals surface area contributed by atoms with Crippen molar-refractivity contribution in [1.82, 2.24) is 14.1 Å². The summed E-state index contributed by atoms with van der Waals surface area (Å²) in [6, 6.07) is 8.64. The molecule has 0 aliphatic rings. The van der Waals surface area contributed by atoms with E-state index >= 15 is 0 Å². The lowest BCUT2D eigenvalue weighted by Gasteiger charge is -2.19. The van der Waals surface area contributed by atoms with Crippen LogP contribution in [0, 0.1) is 0 Å². The second-order valence-electron chi connectivity index (χ2n) is 6.97. The van der Waals surface area contributed by atoms with E-state index in [2.05, 4.69) is 4.98 Å². The van der Waals surface area contributed by atoms with Gasteiger partial charge in [-0.3, -0.25) is 4.79 Å². The summed E-state index contributed by atoms with van der Waals surface area (Å²) in [5.74, 6) is 0.270. The quantitative estimate of drug-likeness (QED) is 0.746. The normalized spacial score (nSPS) is 11.8. The number of hydrogen-bond donors (Lipinski definition) is 2. The Morgan fingerprint density at radius 2 is 1.96 bits per heavy atom. The molecule has 3 N–H and O–H groups in total. The number of carboxylic acid groups (broad SMARTS) is 1. The summed E-state index contributed by atoms with van der Waals surface area (Å²) >= 11 is 0. The maximum absolute atomic E-state index is 12.1. The van der Waals surface area contributed by atoms with Crippen molar-refractivity contribution in [3.05, 3.63) is 58.3 Å². The van der Waals surface area contributed by atoms with E-state index in [0.29, 0.717) is 11.0 Å². The summed E-state index contributed by atoms with van der Waals surface area (Å²) in [6.45, 7) is 6.16. The lowest BCUT2D eigenvalue weighted by molar-refractivity contribution is 0.196. The van der Waals surface area contributed by atoms with Gasteiger partial charge in [-0.15, -0.1) is 0 Å². The van der Waals surface area contributed by atoms with Crippen LogP contribution in [0.15, 0.2) is 41.3 Å². The van der Waals surface area contributed by atoms with Crippen molar-refractivity contribution in [1.29, 1.82) is 0 Å². The van der Waals surface area contributed by atoms with Crippen LogP contribution in [-0.2, 0) is 12.0 Å². The van der Waals surface area contributed by atoms with E-state index in [1.165, 1.54) is 10.6 Å². The van der Waals surface area contributed by atoms with Crippen LogP contribution in [0.1, 0.15) is 32.2 Å². The number of nitrogens with two attached hydrogens (primary N) is 1. The first-order valence-corrected chi connectivity index (χ1v) is 7.89.